The minimum absolute atomic E-state index is 0.146. The van der Waals surface area contributed by atoms with Gasteiger partial charge in [-0.05, 0) is 33.8 Å². The molecule has 0 aliphatic heterocycles. The third-order valence-electron chi connectivity index (χ3n) is 2.78. The Labute approximate surface area is 106 Å². The van der Waals surface area contributed by atoms with E-state index in [1.807, 2.05) is 0 Å². The maximum absolute atomic E-state index is 12.0. The first-order valence-electron chi connectivity index (χ1n) is 5.06. The quantitative estimate of drug-likeness (QED) is 0.770. The van der Waals surface area contributed by atoms with Crippen molar-refractivity contribution in [1.29, 1.82) is 0 Å². The molecule has 0 saturated heterocycles. The van der Waals surface area contributed by atoms with Crippen molar-refractivity contribution in [1.82, 2.24) is 4.72 Å². The number of hydrogen-bond acceptors (Lipinski definition) is 5. The van der Waals surface area contributed by atoms with Crippen LogP contribution >= 0.6 is 11.3 Å². The topological polar surface area (TPSA) is 92.4 Å². The normalized spacial score (nSPS) is 13.9. The van der Waals surface area contributed by atoms with Gasteiger partial charge in [-0.2, -0.15) is 0 Å². The van der Waals surface area contributed by atoms with Crippen LogP contribution in [0.3, 0.4) is 0 Å². The fourth-order valence-electron chi connectivity index (χ4n) is 0.982. The fraction of sp³-hybridized carbons (Fsp3) is 0.600. The van der Waals surface area contributed by atoms with Crippen molar-refractivity contribution in [2.24, 2.45) is 0 Å². The van der Waals surface area contributed by atoms with Gasteiger partial charge in [0.25, 0.3) is 10.0 Å². The zero-order valence-corrected chi connectivity index (χ0v) is 11.9. The van der Waals surface area contributed by atoms with Crippen LogP contribution in [0.2, 0.25) is 0 Å². The van der Waals surface area contributed by atoms with E-state index < -0.39 is 21.2 Å². The standard InChI is InChI=1S/C10H18N2O3S2/c1-9(2,10(3,4)13)12-17(14,15)8-5-7(11)6-16-8/h5-6,12-13H,11H2,1-4H3. The number of nitrogens with one attached hydrogen (secondary N) is 1. The first-order valence-corrected chi connectivity index (χ1v) is 7.42. The van der Waals surface area contributed by atoms with Gasteiger partial charge in [0.2, 0.25) is 0 Å². The maximum Gasteiger partial charge on any atom is 0.250 e. The Morgan fingerprint density at radius 1 is 1.35 bits per heavy atom. The molecule has 1 aromatic rings. The summed E-state index contributed by atoms with van der Waals surface area (Å²) in [7, 11) is -3.65. The number of anilines is 1. The van der Waals surface area contributed by atoms with Crippen molar-refractivity contribution < 1.29 is 13.5 Å². The molecular formula is C10H18N2O3S2. The lowest BCUT2D eigenvalue weighted by atomic mass is 9.87. The summed E-state index contributed by atoms with van der Waals surface area (Å²) in [5.41, 5.74) is 3.75. The second-order valence-electron chi connectivity index (χ2n) is 4.99. The van der Waals surface area contributed by atoms with E-state index in [0.717, 1.165) is 11.3 Å². The summed E-state index contributed by atoms with van der Waals surface area (Å²) in [6.45, 7) is 6.36. The molecule has 17 heavy (non-hydrogen) atoms. The second-order valence-corrected chi connectivity index (χ2v) is 7.81. The third kappa shape index (κ3) is 3.19. The highest BCUT2D eigenvalue weighted by Gasteiger charge is 2.39. The maximum atomic E-state index is 12.0. The molecule has 0 saturated carbocycles. The van der Waals surface area contributed by atoms with Crippen LogP contribution in [0.25, 0.3) is 0 Å². The molecule has 0 unspecified atom stereocenters. The molecule has 98 valence electrons. The summed E-state index contributed by atoms with van der Waals surface area (Å²) in [5.74, 6) is 0. The molecule has 0 radical (unpaired) electrons. The van der Waals surface area contributed by atoms with Gasteiger partial charge in [0.15, 0.2) is 0 Å². The van der Waals surface area contributed by atoms with E-state index in [1.54, 1.807) is 33.1 Å². The van der Waals surface area contributed by atoms with E-state index in [9.17, 15) is 13.5 Å². The van der Waals surface area contributed by atoms with Gasteiger partial charge in [0, 0.05) is 11.1 Å². The third-order valence-corrected chi connectivity index (χ3v) is 5.89. The molecule has 1 heterocycles. The fourth-order valence-corrected chi connectivity index (χ4v) is 3.60. The molecule has 0 atom stereocenters. The average Bonchev–Trinajstić information content (AvgIpc) is 2.48. The van der Waals surface area contributed by atoms with Crippen molar-refractivity contribution >= 4 is 27.0 Å². The van der Waals surface area contributed by atoms with E-state index in [2.05, 4.69) is 4.72 Å². The number of nitrogen functional groups attached to an aromatic ring is 1. The number of hydrogen-bond donors (Lipinski definition) is 3. The van der Waals surface area contributed by atoms with Crippen LogP contribution in [0.5, 0.6) is 0 Å². The van der Waals surface area contributed by atoms with Crippen LogP contribution in [-0.4, -0.2) is 24.7 Å². The van der Waals surface area contributed by atoms with Crippen LogP contribution in [0.4, 0.5) is 5.69 Å². The Hall–Kier alpha value is -0.630. The van der Waals surface area contributed by atoms with Crippen LogP contribution in [-0.2, 0) is 10.0 Å². The van der Waals surface area contributed by atoms with E-state index in [1.165, 1.54) is 6.07 Å². The molecule has 0 bridgehead atoms. The number of sulfonamides is 1. The zero-order chi connectivity index (χ0) is 13.5. The molecular weight excluding hydrogens is 260 g/mol. The lowest BCUT2D eigenvalue weighted by molar-refractivity contribution is 0.00641. The lowest BCUT2D eigenvalue weighted by Crippen LogP contribution is -2.57. The Morgan fingerprint density at radius 2 is 1.88 bits per heavy atom. The minimum Gasteiger partial charge on any atom is -0.398 e. The predicted octanol–water partition coefficient (Wildman–Crippen LogP) is 1.16. The molecule has 0 aromatic carbocycles. The zero-order valence-electron chi connectivity index (χ0n) is 10.3. The van der Waals surface area contributed by atoms with Crippen LogP contribution in [0, 0.1) is 0 Å². The Morgan fingerprint density at radius 3 is 2.24 bits per heavy atom. The molecule has 5 nitrogen and oxygen atoms in total. The molecule has 4 N–H and O–H groups in total. The Bertz CT molecular complexity index is 498. The predicted molar refractivity (Wildman–Crippen MR) is 69.4 cm³/mol. The molecule has 0 aliphatic carbocycles. The largest absolute Gasteiger partial charge is 0.398 e. The highest BCUT2D eigenvalue weighted by Crippen LogP contribution is 2.26. The average molecular weight is 278 g/mol. The first kappa shape index (κ1) is 14.4. The van der Waals surface area contributed by atoms with Crippen LogP contribution in [0.15, 0.2) is 15.7 Å². The molecule has 0 amide bonds. The molecule has 0 aliphatic rings. The van der Waals surface area contributed by atoms with Gasteiger partial charge in [0.1, 0.15) is 4.21 Å². The number of rotatable bonds is 4. The SMILES string of the molecule is CC(C)(O)C(C)(C)NS(=O)(=O)c1cc(N)cs1. The molecule has 0 fully saturated rings. The summed E-state index contributed by atoms with van der Waals surface area (Å²) < 4.78 is 26.7. The van der Waals surface area contributed by atoms with Gasteiger partial charge in [-0.15, -0.1) is 11.3 Å². The molecule has 1 rings (SSSR count). The van der Waals surface area contributed by atoms with E-state index in [0.29, 0.717) is 5.69 Å². The van der Waals surface area contributed by atoms with Crippen LogP contribution in [0.1, 0.15) is 27.7 Å². The highest BCUT2D eigenvalue weighted by atomic mass is 32.2. The van der Waals surface area contributed by atoms with Gasteiger partial charge in [-0.1, -0.05) is 0 Å². The van der Waals surface area contributed by atoms with Gasteiger partial charge < -0.3 is 10.8 Å². The lowest BCUT2D eigenvalue weighted by Gasteiger charge is -2.37. The second kappa shape index (κ2) is 4.24. The van der Waals surface area contributed by atoms with Crippen molar-refractivity contribution in [2.45, 2.75) is 43.0 Å². The molecule has 7 heteroatoms. The van der Waals surface area contributed by atoms with Crippen molar-refractivity contribution in [3.63, 3.8) is 0 Å². The van der Waals surface area contributed by atoms with Crippen LogP contribution < -0.4 is 10.5 Å². The van der Waals surface area contributed by atoms with Crippen molar-refractivity contribution in [2.75, 3.05) is 5.73 Å². The highest BCUT2D eigenvalue weighted by molar-refractivity contribution is 7.91. The smallest absolute Gasteiger partial charge is 0.250 e. The van der Waals surface area contributed by atoms with E-state index in [-0.39, 0.29) is 4.21 Å². The Kier molecular flexibility index (Phi) is 3.60. The molecule has 1 aromatic heterocycles. The van der Waals surface area contributed by atoms with Gasteiger partial charge in [0.05, 0.1) is 11.1 Å². The van der Waals surface area contributed by atoms with Crippen molar-refractivity contribution in [3.05, 3.63) is 11.4 Å². The summed E-state index contributed by atoms with van der Waals surface area (Å²) in [4.78, 5) is 0. The van der Waals surface area contributed by atoms with Gasteiger partial charge in [-0.3, -0.25) is 0 Å². The molecule has 0 spiro atoms. The van der Waals surface area contributed by atoms with Gasteiger partial charge in [-0.25, -0.2) is 13.1 Å². The number of thiophene rings is 1. The summed E-state index contributed by atoms with van der Waals surface area (Å²) in [5, 5.41) is 11.5. The van der Waals surface area contributed by atoms with Gasteiger partial charge >= 0.3 is 0 Å². The Balaban J connectivity index is 3.03. The summed E-state index contributed by atoms with van der Waals surface area (Å²) in [6, 6.07) is 1.40. The number of aliphatic hydroxyl groups is 1. The first-order chi connectivity index (χ1) is 7.46. The van der Waals surface area contributed by atoms with E-state index in [4.69, 9.17) is 5.73 Å². The summed E-state index contributed by atoms with van der Waals surface area (Å²) in [6.07, 6.45) is 0. The monoisotopic (exact) mass is 278 g/mol. The number of nitrogens with two attached hydrogens (primary N) is 1. The summed E-state index contributed by atoms with van der Waals surface area (Å²) >= 11 is 1.05. The van der Waals surface area contributed by atoms with E-state index >= 15 is 0 Å². The minimum atomic E-state index is -3.65. The van der Waals surface area contributed by atoms with Crippen molar-refractivity contribution in [3.8, 4) is 0 Å².